The van der Waals surface area contributed by atoms with E-state index in [0.29, 0.717) is 113 Å². The summed E-state index contributed by atoms with van der Waals surface area (Å²) < 4.78 is 70.4. The molecular weight excluding hydrogens is 1850 g/mol. The molecule has 0 aliphatic carbocycles. The molecule has 24 rings (SSSR count). The lowest BCUT2D eigenvalue weighted by molar-refractivity contribution is 0.210. The monoisotopic (exact) mass is 1930 g/mol. The van der Waals surface area contributed by atoms with E-state index in [9.17, 15) is 17.6 Å². The third-order valence-corrected chi connectivity index (χ3v) is 27.0. The number of halogens is 7. The first kappa shape index (κ1) is 92.2. The van der Waals surface area contributed by atoms with E-state index >= 15 is 0 Å². The van der Waals surface area contributed by atoms with Crippen LogP contribution < -0.4 is 0 Å². The minimum atomic E-state index is -0.409. The number of pyridine rings is 12. The van der Waals surface area contributed by atoms with Crippen molar-refractivity contribution < 1.29 is 22.1 Å². The Kier molecular flexibility index (Phi) is 26.6. The van der Waals surface area contributed by atoms with E-state index in [0.717, 1.165) is 196 Å². The molecule has 2 atom stereocenters. The second-order valence-corrected chi connectivity index (χ2v) is 37.2. The van der Waals surface area contributed by atoms with Crippen molar-refractivity contribution in [2.24, 2.45) is 0 Å². The molecule has 20 aromatic rings. The largest absolute Gasteiger partial charge is 0.339 e. The van der Waals surface area contributed by atoms with E-state index in [1.54, 1.807) is 86.1 Å². The van der Waals surface area contributed by atoms with E-state index in [1.807, 2.05) is 133 Å². The highest BCUT2D eigenvalue weighted by atomic mass is 35.5. The molecule has 2 unspecified atom stereocenters. The zero-order valence-corrected chi connectivity index (χ0v) is 79.3. The van der Waals surface area contributed by atoms with Gasteiger partial charge in [0.2, 0.25) is 11.7 Å². The first-order valence-electron chi connectivity index (χ1n) is 46.4. The number of likely N-dealkylation sites (N-methyl/N-ethyl adjacent to an activating group) is 2. The average molecular weight is 1940 g/mol. The lowest BCUT2D eigenvalue weighted by Gasteiger charge is -2.28. The predicted molar refractivity (Wildman–Crippen MR) is 540 cm³/mol. The summed E-state index contributed by atoms with van der Waals surface area (Å²) in [6, 6.07) is 52.0. The van der Waals surface area contributed by atoms with E-state index in [2.05, 4.69) is 172 Å². The van der Waals surface area contributed by atoms with Gasteiger partial charge in [-0.1, -0.05) is 57.3 Å². The maximum atomic E-state index is 14.7. The highest BCUT2D eigenvalue weighted by molar-refractivity contribution is 6.31. The van der Waals surface area contributed by atoms with Crippen molar-refractivity contribution in [1.82, 2.24) is 124 Å². The SMILES string of the molecule is CN1CCC(c2nc(-c3cncc(-c4cc(-c5cc(Cl)ccc5F)nc5ncccc45)c3)no2)CC1.CN1CCC(n2cc(-c3cncc(-c4cc(-c5cc(Cl)ccc5F)nc5ncccc45)c3)cn2)C1.CN1CCC(n2cc(-c3cncc(-c4cc(-c5cc(Cl)ccc5F)nc5ncccc45)c3)nn2)CC1.CN1CCC(n2cc(-c3cncc(-c4cc(-c5ccccc5F)nc5ncccc45)c3)cn2)C1. The van der Waals surface area contributed by atoms with Gasteiger partial charge in [-0.3, -0.25) is 29.3 Å². The molecule has 16 aromatic heterocycles. The zero-order chi connectivity index (χ0) is 96.3. The third-order valence-electron chi connectivity index (χ3n) is 26.3. The third kappa shape index (κ3) is 20.3. The quantitative estimate of drug-likeness (QED) is 0.0813. The molecule has 0 radical (unpaired) electrons. The van der Waals surface area contributed by atoms with Crippen LogP contribution in [0.5, 0.6) is 0 Å². The molecule has 33 heteroatoms. The minimum absolute atomic E-state index is 0.268. The van der Waals surface area contributed by atoms with Crippen LogP contribution in [0.2, 0.25) is 15.1 Å². The number of hydrogen-bond acceptors (Lipinski definition) is 23. The first-order valence-corrected chi connectivity index (χ1v) is 47.5. The molecule has 141 heavy (non-hydrogen) atoms. The Morgan fingerprint density at radius 1 is 0.305 bits per heavy atom. The van der Waals surface area contributed by atoms with Crippen molar-refractivity contribution in [3.8, 4) is 134 Å². The molecule has 702 valence electrons. The first-order chi connectivity index (χ1) is 68.8. The Morgan fingerprint density at radius 2 is 0.667 bits per heavy atom. The van der Waals surface area contributed by atoms with Crippen molar-refractivity contribution in [3.63, 3.8) is 0 Å². The van der Waals surface area contributed by atoms with E-state index in [1.165, 1.54) is 42.5 Å². The van der Waals surface area contributed by atoms with Crippen LogP contribution >= 0.6 is 34.8 Å². The molecule has 4 aliphatic heterocycles. The molecular formula is C108H90Cl3F4N25O. The van der Waals surface area contributed by atoms with Crippen molar-refractivity contribution in [2.45, 2.75) is 62.6 Å². The van der Waals surface area contributed by atoms with Crippen molar-refractivity contribution in [3.05, 3.63) is 325 Å². The molecule has 0 saturated carbocycles. The Morgan fingerprint density at radius 3 is 1.09 bits per heavy atom. The number of nitrogens with zero attached hydrogens (tertiary/aromatic N) is 25. The van der Waals surface area contributed by atoms with Crippen LogP contribution in [0.1, 0.15) is 68.5 Å². The summed E-state index contributed by atoms with van der Waals surface area (Å²) in [7, 11) is 8.54. The Hall–Kier alpha value is -15.2. The number of likely N-dealkylation sites (tertiary alicyclic amines) is 4. The molecule has 0 amide bonds. The lowest BCUT2D eigenvalue weighted by atomic mass is 9.97. The maximum absolute atomic E-state index is 14.7. The summed E-state index contributed by atoms with van der Waals surface area (Å²) >= 11 is 18.5. The second-order valence-electron chi connectivity index (χ2n) is 35.9. The average Bonchev–Trinajstić information content (AvgIpc) is 1.57. The van der Waals surface area contributed by atoms with Crippen LogP contribution in [-0.4, -0.2) is 205 Å². The molecule has 0 bridgehead atoms. The van der Waals surface area contributed by atoms with Crippen LogP contribution in [0.4, 0.5) is 17.6 Å². The fraction of sp³-hybridized carbons (Fsp3) is 0.204. The zero-order valence-electron chi connectivity index (χ0n) is 77.0. The van der Waals surface area contributed by atoms with Gasteiger partial charge in [0.25, 0.3) is 0 Å². The van der Waals surface area contributed by atoms with Crippen LogP contribution in [-0.2, 0) is 0 Å². The van der Waals surface area contributed by atoms with Gasteiger partial charge in [0.1, 0.15) is 29.0 Å². The molecule has 4 saturated heterocycles. The van der Waals surface area contributed by atoms with Gasteiger partial charge in [-0.15, -0.1) is 5.10 Å². The van der Waals surface area contributed by atoms with Gasteiger partial charge >= 0.3 is 0 Å². The van der Waals surface area contributed by atoms with Crippen molar-refractivity contribution in [1.29, 1.82) is 0 Å². The second kappa shape index (κ2) is 40.7. The molecule has 4 fully saturated rings. The Bertz CT molecular complexity index is 7790. The van der Waals surface area contributed by atoms with E-state index in [-0.39, 0.29) is 17.6 Å². The molecule has 0 spiro atoms. The fourth-order valence-electron chi connectivity index (χ4n) is 18.7. The maximum Gasteiger partial charge on any atom is 0.230 e. The van der Waals surface area contributed by atoms with Crippen molar-refractivity contribution in [2.75, 3.05) is 80.5 Å². The number of piperidine rings is 2. The van der Waals surface area contributed by atoms with Crippen LogP contribution in [0.15, 0.2) is 286 Å². The summed E-state index contributed by atoms with van der Waals surface area (Å²) in [5.74, 6) is -0.0764. The van der Waals surface area contributed by atoms with Gasteiger partial charge in [0.05, 0.1) is 59.5 Å². The van der Waals surface area contributed by atoms with Gasteiger partial charge in [0, 0.05) is 220 Å². The smallest absolute Gasteiger partial charge is 0.230 e. The molecule has 26 nitrogen and oxygen atoms in total. The van der Waals surface area contributed by atoms with Crippen molar-refractivity contribution >= 4 is 78.9 Å². The summed E-state index contributed by atoms with van der Waals surface area (Å²) in [5, 5.41) is 27.1. The Balaban J connectivity index is 0.000000111. The Labute approximate surface area is 822 Å². The van der Waals surface area contributed by atoms with Crippen LogP contribution in [0.25, 0.3) is 179 Å². The molecule has 20 heterocycles. The highest BCUT2D eigenvalue weighted by Gasteiger charge is 2.30. The molecule has 4 aromatic carbocycles. The molecule has 4 aliphatic rings. The number of aromatic nitrogens is 21. The number of benzene rings is 4. The summed E-state index contributed by atoms with van der Waals surface area (Å²) in [4.78, 5) is 68.1. The van der Waals surface area contributed by atoms with Gasteiger partial charge in [-0.25, -0.2) is 62.1 Å². The van der Waals surface area contributed by atoms with E-state index in [4.69, 9.17) is 39.3 Å². The minimum Gasteiger partial charge on any atom is -0.339 e. The van der Waals surface area contributed by atoms with Gasteiger partial charge in [-0.2, -0.15) is 15.2 Å². The summed E-state index contributed by atoms with van der Waals surface area (Å²) in [6.45, 7) is 8.30. The standard InChI is InChI=1S/C27H23ClFN7.C27H22ClFN6O.C27H22ClFN6.C27H23FN6/c1-35-9-6-20(7-10-35)36-16-26(33-34-36)18-11-17(14-30-15-18)22-13-25(23-12-19(28)4-5-24(23)29)32-27-21(22)3-2-8-31-27;1-35-9-6-16(7-10-35)27-33-25(34-36-27)18-11-17(14-30-15-18)21-13-24(22-12-19(28)4-5-23(22)29)32-26-20(21)3-2-8-31-26;1-34-8-6-21(16-34)35-15-19(14-32-35)17-9-18(13-30-12-17)23-11-26(24-10-20(28)4-5-25(24)29)33-27-22(23)3-2-7-31-27;1-33-10-8-21(17-33)34-16-20(15-31-34)18-11-19(14-29-13-18)24-12-26(23-5-2-3-7-25(23)28)32-27-22(24)6-4-9-30-27/h2-5,8,11-16,20H,6-7,9-10H2,1H3;2-5,8,11-16H,6-7,9-10H2,1H3;2-5,7,9-15,21H,6,8,16H2,1H3;2-7,9,11-16,21H,8,10,17H2,1H3. The van der Waals surface area contributed by atoms with Gasteiger partial charge in [-0.05, 0) is 292 Å². The van der Waals surface area contributed by atoms with Crippen LogP contribution in [0.3, 0.4) is 0 Å². The lowest BCUT2D eigenvalue weighted by Crippen LogP contribution is -2.31. The van der Waals surface area contributed by atoms with E-state index < -0.39 is 11.6 Å². The normalized spacial score (nSPS) is 15.6. The fourth-order valence-corrected chi connectivity index (χ4v) is 19.2. The number of rotatable bonds is 16. The topological polar surface area (TPSA) is 273 Å². The van der Waals surface area contributed by atoms with Gasteiger partial charge in [0.15, 0.2) is 22.6 Å². The summed E-state index contributed by atoms with van der Waals surface area (Å²) in [5.41, 5.74) is 18.7. The van der Waals surface area contributed by atoms with Gasteiger partial charge < -0.3 is 24.1 Å². The number of hydrogen-bond donors (Lipinski definition) is 0. The van der Waals surface area contributed by atoms with Crippen LogP contribution in [0, 0.1) is 23.3 Å². The highest BCUT2D eigenvalue weighted by Crippen LogP contribution is 2.42. The molecule has 0 N–H and O–H groups in total. The predicted octanol–water partition coefficient (Wildman–Crippen LogP) is 22.8. The summed E-state index contributed by atoms with van der Waals surface area (Å²) in [6.07, 6.45) is 37.3. The number of fused-ring (bicyclic) bond motifs is 4.